The Kier molecular flexibility index (Phi) is 4.79. The smallest absolute Gasteiger partial charge is 0.269 e. The zero-order valence-electron chi connectivity index (χ0n) is 14.1. The monoisotopic (exact) mass is 338 g/mol. The van der Waals surface area contributed by atoms with E-state index in [9.17, 15) is 10.1 Å². The fourth-order valence-electron chi connectivity index (χ4n) is 2.77. The van der Waals surface area contributed by atoms with Crippen LogP contribution in [-0.4, -0.2) is 31.4 Å². The van der Waals surface area contributed by atoms with Gasteiger partial charge in [0.2, 0.25) is 0 Å². The summed E-state index contributed by atoms with van der Waals surface area (Å²) in [5, 5.41) is 10.7. The summed E-state index contributed by atoms with van der Waals surface area (Å²) in [6, 6.07) is 10.3. The highest BCUT2D eigenvalue weighted by atomic mass is 16.6. The van der Waals surface area contributed by atoms with Crippen LogP contribution < -0.4 is 9.47 Å². The van der Waals surface area contributed by atoms with Gasteiger partial charge in [-0.1, -0.05) is 6.08 Å². The van der Waals surface area contributed by atoms with Crippen LogP contribution in [0.3, 0.4) is 0 Å². The van der Waals surface area contributed by atoms with Crippen LogP contribution in [0.2, 0.25) is 0 Å². The second-order valence-corrected chi connectivity index (χ2v) is 5.56. The van der Waals surface area contributed by atoms with Crippen LogP contribution in [0.25, 0.3) is 6.08 Å². The molecule has 0 saturated heterocycles. The summed E-state index contributed by atoms with van der Waals surface area (Å²) < 4.78 is 10.7. The fourth-order valence-corrected chi connectivity index (χ4v) is 2.77. The summed E-state index contributed by atoms with van der Waals surface area (Å²) in [7, 11) is 3.23. The Bertz CT molecular complexity index is 854. The fraction of sp³-hybridized carbons (Fsp3) is 0.211. The highest BCUT2D eigenvalue weighted by Crippen LogP contribution is 2.32. The Hall–Kier alpha value is -3.15. The van der Waals surface area contributed by atoms with E-state index in [0.717, 1.165) is 28.8 Å². The van der Waals surface area contributed by atoms with Crippen LogP contribution in [0.5, 0.6) is 11.5 Å². The van der Waals surface area contributed by atoms with Crippen molar-refractivity contribution in [2.24, 2.45) is 4.99 Å². The molecule has 2 aromatic rings. The first kappa shape index (κ1) is 16.7. The van der Waals surface area contributed by atoms with Crippen LogP contribution in [0.4, 0.5) is 5.69 Å². The SMILES string of the molecule is COc1cc2c(cc1OC)C(/C=C/c1ccc([N+](=O)[O-])cc1)=NCC2. The largest absolute Gasteiger partial charge is 0.493 e. The molecule has 0 unspecified atom stereocenters. The van der Waals surface area contributed by atoms with Crippen LogP contribution >= 0.6 is 0 Å². The van der Waals surface area contributed by atoms with E-state index >= 15 is 0 Å². The Labute approximate surface area is 145 Å². The molecule has 3 rings (SSSR count). The number of hydrogen-bond donors (Lipinski definition) is 0. The molecule has 0 radical (unpaired) electrons. The second kappa shape index (κ2) is 7.17. The Morgan fingerprint density at radius 3 is 2.40 bits per heavy atom. The number of nitrogens with zero attached hydrogens (tertiary/aromatic N) is 2. The van der Waals surface area contributed by atoms with Crippen LogP contribution in [0.1, 0.15) is 16.7 Å². The van der Waals surface area contributed by atoms with E-state index in [1.807, 2.05) is 24.3 Å². The number of ether oxygens (including phenoxy) is 2. The third kappa shape index (κ3) is 3.52. The van der Waals surface area contributed by atoms with Crippen molar-refractivity contribution in [3.05, 3.63) is 69.3 Å². The minimum absolute atomic E-state index is 0.0781. The first-order valence-corrected chi connectivity index (χ1v) is 7.84. The summed E-state index contributed by atoms with van der Waals surface area (Å²) in [4.78, 5) is 14.9. The van der Waals surface area contributed by atoms with Crippen molar-refractivity contribution in [2.75, 3.05) is 20.8 Å². The molecule has 6 heteroatoms. The number of aliphatic imine (C=N–C) groups is 1. The molecular formula is C19H18N2O4. The zero-order valence-corrected chi connectivity index (χ0v) is 14.1. The summed E-state index contributed by atoms with van der Waals surface area (Å²) in [5.41, 5.74) is 3.99. The highest BCUT2D eigenvalue weighted by molar-refractivity contribution is 6.12. The normalized spacial score (nSPS) is 13.3. The highest BCUT2D eigenvalue weighted by Gasteiger charge is 2.17. The molecule has 0 N–H and O–H groups in total. The molecule has 0 bridgehead atoms. The Balaban J connectivity index is 1.89. The molecule has 0 saturated carbocycles. The number of hydrogen-bond acceptors (Lipinski definition) is 5. The summed E-state index contributed by atoms with van der Waals surface area (Å²) in [6.45, 7) is 0.711. The average molecular weight is 338 g/mol. The molecule has 0 atom stereocenters. The van der Waals surface area contributed by atoms with Gasteiger partial charge in [-0.05, 0) is 47.9 Å². The minimum Gasteiger partial charge on any atom is -0.493 e. The molecule has 1 heterocycles. The van der Waals surface area contributed by atoms with Gasteiger partial charge in [-0.25, -0.2) is 0 Å². The molecule has 128 valence electrons. The first-order chi connectivity index (χ1) is 12.1. The van der Waals surface area contributed by atoms with Crippen LogP contribution in [-0.2, 0) is 6.42 Å². The van der Waals surface area contributed by atoms with E-state index in [4.69, 9.17) is 9.47 Å². The van der Waals surface area contributed by atoms with Gasteiger partial charge in [0.05, 0.1) is 24.9 Å². The van der Waals surface area contributed by atoms with E-state index < -0.39 is 4.92 Å². The van der Waals surface area contributed by atoms with E-state index in [1.165, 1.54) is 12.1 Å². The zero-order chi connectivity index (χ0) is 17.8. The number of benzene rings is 2. The van der Waals surface area contributed by atoms with Gasteiger partial charge in [-0.3, -0.25) is 15.1 Å². The topological polar surface area (TPSA) is 74.0 Å². The van der Waals surface area contributed by atoms with Crippen molar-refractivity contribution >= 4 is 17.5 Å². The molecule has 0 aromatic heterocycles. The van der Waals surface area contributed by atoms with E-state index in [0.29, 0.717) is 18.0 Å². The number of non-ortho nitro benzene ring substituents is 1. The van der Waals surface area contributed by atoms with Gasteiger partial charge in [-0.15, -0.1) is 0 Å². The van der Waals surface area contributed by atoms with E-state index in [1.54, 1.807) is 26.4 Å². The van der Waals surface area contributed by atoms with Crippen LogP contribution in [0.15, 0.2) is 47.5 Å². The van der Waals surface area contributed by atoms with Crippen molar-refractivity contribution < 1.29 is 14.4 Å². The average Bonchev–Trinajstić information content (AvgIpc) is 2.65. The second-order valence-electron chi connectivity index (χ2n) is 5.56. The first-order valence-electron chi connectivity index (χ1n) is 7.84. The molecule has 0 spiro atoms. The Morgan fingerprint density at radius 2 is 1.76 bits per heavy atom. The minimum atomic E-state index is -0.408. The molecule has 25 heavy (non-hydrogen) atoms. The van der Waals surface area contributed by atoms with E-state index in [2.05, 4.69) is 4.99 Å². The quantitative estimate of drug-likeness (QED) is 0.616. The molecule has 0 amide bonds. The standard InChI is InChI=1S/C19H18N2O4/c1-24-18-11-14-9-10-20-17(16(14)12-19(18)25-2)8-5-13-3-6-15(7-4-13)21(22)23/h3-8,11-12H,9-10H2,1-2H3/b8-5+. The van der Waals surface area contributed by atoms with Crippen molar-refractivity contribution in [1.82, 2.24) is 0 Å². The Morgan fingerprint density at radius 1 is 1.08 bits per heavy atom. The predicted molar refractivity (Wildman–Crippen MR) is 96.8 cm³/mol. The molecule has 1 aliphatic heterocycles. The van der Waals surface area contributed by atoms with Gasteiger partial charge in [0.1, 0.15) is 0 Å². The van der Waals surface area contributed by atoms with Crippen molar-refractivity contribution in [3.8, 4) is 11.5 Å². The lowest BCUT2D eigenvalue weighted by molar-refractivity contribution is -0.384. The third-order valence-electron chi connectivity index (χ3n) is 4.09. The van der Waals surface area contributed by atoms with Gasteiger partial charge in [0.25, 0.3) is 5.69 Å². The van der Waals surface area contributed by atoms with Crippen molar-refractivity contribution in [2.45, 2.75) is 6.42 Å². The molecule has 0 aliphatic carbocycles. The van der Waals surface area contributed by atoms with Gasteiger partial charge in [-0.2, -0.15) is 0 Å². The maximum absolute atomic E-state index is 10.7. The molecule has 2 aromatic carbocycles. The van der Waals surface area contributed by atoms with Crippen molar-refractivity contribution in [3.63, 3.8) is 0 Å². The maximum atomic E-state index is 10.7. The lowest BCUT2D eigenvalue weighted by atomic mass is 9.96. The lowest BCUT2D eigenvalue weighted by Gasteiger charge is -2.18. The van der Waals surface area contributed by atoms with Crippen molar-refractivity contribution in [1.29, 1.82) is 0 Å². The van der Waals surface area contributed by atoms with Gasteiger partial charge in [0.15, 0.2) is 11.5 Å². The summed E-state index contributed by atoms with van der Waals surface area (Å²) in [6.07, 6.45) is 4.67. The maximum Gasteiger partial charge on any atom is 0.269 e. The van der Waals surface area contributed by atoms with Gasteiger partial charge >= 0.3 is 0 Å². The molecular weight excluding hydrogens is 320 g/mol. The van der Waals surface area contributed by atoms with Gasteiger partial charge in [0, 0.05) is 24.2 Å². The van der Waals surface area contributed by atoms with Crippen LogP contribution in [0, 0.1) is 10.1 Å². The predicted octanol–water partition coefficient (Wildman–Crippen LogP) is 3.67. The lowest BCUT2D eigenvalue weighted by Crippen LogP contribution is -2.11. The van der Waals surface area contributed by atoms with Gasteiger partial charge < -0.3 is 9.47 Å². The summed E-state index contributed by atoms with van der Waals surface area (Å²) >= 11 is 0. The number of rotatable bonds is 5. The molecule has 0 fully saturated rings. The third-order valence-corrected chi connectivity index (χ3v) is 4.09. The number of nitro benzene ring substituents is 1. The number of methoxy groups -OCH3 is 2. The molecule has 1 aliphatic rings. The number of nitro groups is 1. The van der Waals surface area contributed by atoms with E-state index in [-0.39, 0.29) is 5.69 Å². The molecule has 6 nitrogen and oxygen atoms in total. The number of allylic oxidation sites excluding steroid dienone is 1. The summed E-state index contributed by atoms with van der Waals surface area (Å²) in [5.74, 6) is 1.38. The number of fused-ring (bicyclic) bond motifs is 1.